The van der Waals surface area contributed by atoms with E-state index < -0.39 is 10.0 Å². The highest BCUT2D eigenvalue weighted by Gasteiger charge is 2.35. The van der Waals surface area contributed by atoms with Crippen LogP contribution < -0.4 is 14.8 Å². The maximum absolute atomic E-state index is 13.0. The topological polar surface area (TPSA) is 97.3 Å². The van der Waals surface area contributed by atoms with E-state index in [1.54, 1.807) is 39.3 Å². The first-order valence-corrected chi connectivity index (χ1v) is 13.1. The smallest absolute Gasteiger partial charge is 0.285 e. The second-order valence-corrected chi connectivity index (χ2v) is 10.3. The van der Waals surface area contributed by atoms with Crippen LogP contribution in [0.1, 0.15) is 37.8 Å². The molecule has 4 rings (SSSR count). The predicted octanol–water partition coefficient (Wildman–Crippen LogP) is 4.09. The molecule has 1 amide bonds. The maximum atomic E-state index is 13.0. The molecule has 0 radical (unpaired) electrons. The molecule has 8 nitrogen and oxygen atoms in total. The monoisotopic (exact) mass is 497 g/mol. The number of carbonyl (C=O) groups is 1. The van der Waals surface area contributed by atoms with Crippen LogP contribution in [0.25, 0.3) is 4.91 Å². The second kappa shape index (κ2) is 10.1. The lowest BCUT2D eigenvalue weighted by Gasteiger charge is -2.33. The van der Waals surface area contributed by atoms with Crippen LogP contribution in [0.4, 0.5) is 5.69 Å². The summed E-state index contributed by atoms with van der Waals surface area (Å²) in [7, 11) is -0.655. The summed E-state index contributed by atoms with van der Waals surface area (Å²) in [5.41, 5.74) is 3.01. The zero-order valence-corrected chi connectivity index (χ0v) is 21.3. The quantitative estimate of drug-likeness (QED) is 0.646. The number of hydrogen-bond donors (Lipinski definition) is 1. The van der Waals surface area contributed by atoms with Gasteiger partial charge in [0.1, 0.15) is 22.2 Å². The van der Waals surface area contributed by atoms with Crippen molar-refractivity contribution in [3.63, 3.8) is 0 Å². The van der Waals surface area contributed by atoms with E-state index in [1.807, 2.05) is 29.2 Å². The summed E-state index contributed by atoms with van der Waals surface area (Å²) in [6.45, 7) is 4.95. The summed E-state index contributed by atoms with van der Waals surface area (Å²) < 4.78 is 40.5. The first-order valence-electron chi connectivity index (χ1n) is 11.7. The van der Waals surface area contributed by atoms with Gasteiger partial charge in [0.25, 0.3) is 10.0 Å². The van der Waals surface area contributed by atoms with Gasteiger partial charge >= 0.3 is 0 Å². The van der Waals surface area contributed by atoms with Gasteiger partial charge in [0.2, 0.25) is 5.91 Å². The van der Waals surface area contributed by atoms with Gasteiger partial charge < -0.3 is 19.7 Å². The predicted molar refractivity (Wildman–Crippen MR) is 137 cm³/mol. The molecule has 35 heavy (non-hydrogen) atoms. The minimum absolute atomic E-state index is 0.0962. The van der Waals surface area contributed by atoms with E-state index in [-0.39, 0.29) is 16.7 Å². The summed E-state index contributed by atoms with van der Waals surface area (Å²) in [5.74, 6) is 1.36. The fourth-order valence-electron chi connectivity index (χ4n) is 4.58. The first-order chi connectivity index (χ1) is 16.8. The van der Waals surface area contributed by atoms with Crippen molar-refractivity contribution in [1.29, 1.82) is 0 Å². The van der Waals surface area contributed by atoms with Gasteiger partial charge in [-0.25, -0.2) is 0 Å². The highest BCUT2D eigenvalue weighted by molar-refractivity contribution is 8.00. The minimum Gasteiger partial charge on any atom is -0.497 e. The number of rotatable bonds is 6. The zero-order chi connectivity index (χ0) is 25.2. The molecule has 2 heterocycles. The number of likely N-dealkylation sites (tertiary alicyclic amines) is 1. The van der Waals surface area contributed by atoms with Gasteiger partial charge in [-0.3, -0.25) is 4.79 Å². The van der Waals surface area contributed by atoms with Gasteiger partial charge in [-0.05, 0) is 49.4 Å². The number of nitrogens with zero attached hydrogens (tertiary/aromatic N) is 2. The fourth-order valence-corrected chi connectivity index (χ4v) is 6.06. The fraction of sp³-hybridized carbons (Fsp3) is 0.385. The third-order valence-corrected chi connectivity index (χ3v) is 8.07. The number of anilines is 1. The number of hydrogen-bond acceptors (Lipinski definition) is 6. The Morgan fingerprint density at radius 1 is 1.09 bits per heavy atom. The molecule has 1 fully saturated rings. The van der Waals surface area contributed by atoms with E-state index in [0.29, 0.717) is 60.1 Å². The van der Waals surface area contributed by atoms with Crippen LogP contribution in [0.2, 0.25) is 0 Å². The molecule has 0 atom stereocenters. The maximum Gasteiger partial charge on any atom is 0.285 e. The van der Waals surface area contributed by atoms with Gasteiger partial charge in [0, 0.05) is 30.6 Å². The lowest BCUT2D eigenvalue weighted by Crippen LogP contribution is -2.41. The molecular formula is C26H31N3O5S. The summed E-state index contributed by atoms with van der Waals surface area (Å²) in [6.07, 6.45) is 2.07. The Morgan fingerprint density at radius 3 is 2.37 bits per heavy atom. The summed E-state index contributed by atoms with van der Waals surface area (Å²) in [6, 6.07) is 12.8. The molecule has 2 aromatic carbocycles. The minimum atomic E-state index is -3.77. The largest absolute Gasteiger partial charge is 0.497 e. The van der Waals surface area contributed by atoms with Gasteiger partial charge in [0.05, 0.1) is 19.9 Å². The van der Waals surface area contributed by atoms with Crippen molar-refractivity contribution in [3.8, 4) is 11.5 Å². The van der Waals surface area contributed by atoms with Gasteiger partial charge in [-0.15, -0.1) is 4.40 Å². The van der Waals surface area contributed by atoms with Crippen LogP contribution in [-0.4, -0.2) is 52.4 Å². The second-order valence-electron chi connectivity index (χ2n) is 8.71. The number of piperidine rings is 1. The average Bonchev–Trinajstić information content (AvgIpc) is 3.12. The van der Waals surface area contributed by atoms with Crippen LogP contribution >= 0.6 is 0 Å². The third-order valence-electron chi connectivity index (χ3n) is 6.59. The lowest BCUT2D eigenvalue weighted by molar-refractivity contribution is -0.121. The molecule has 9 heteroatoms. The molecule has 0 bridgehead atoms. The lowest BCUT2D eigenvalue weighted by atomic mass is 9.95. The molecular weight excluding hydrogens is 466 g/mol. The van der Waals surface area contributed by atoms with Crippen molar-refractivity contribution in [2.45, 2.75) is 33.1 Å². The number of sulfonamides is 1. The van der Waals surface area contributed by atoms with Crippen LogP contribution in [-0.2, 0) is 21.2 Å². The Morgan fingerprint density at radius 2 is 1.77 bits per heavy atom. The van der Waals surface area contributed by atoms with Crippen molar-refractivity contribution in [2.75, 3.05) is 32.6 Å². The molecule has 2 aliphatic rings. The highest BCUT2D eigenvalue weighted by Crippen LogP contribution is 2.35. The Balaban J connectivity index is 1.46. The summed E-state index contributed by atoms with van der Waals surface area (Å²) in [4.78, 5) is 15.2. The number of nitrogens with one attached hydrogen (secondary N) is 1. The standard InChI is InChI=1S/C26H31N3O5S/c1-5-18-6-8-19(9-7-18)24-17(2)25(28-35(24,31)32)29-14-12-20(13-15-29)26(30)27-22-16-21(33-3)10-11-23(22)34-4/h6-11,16,20H,5,12-15H2,1-4H3,(H,27,30). The van der Waals surface area contributed by atoms with Gasteiger partial charge in [-0.1, -0.05) is 31.2 Å². The highest BCUT2D eigenvalue weighted by atomic mass is 32.2. The summed E-state index contributed by atoms with van der Waals surface area (Å²) in [5, 5.41) is 2.95. The van der Waals surface area contributed by atoms with Crippen LogP contribution in [0.5, 0.6) is 11.5 Å². The number of amides is 1. The van der Waals surface area contributed by atoms with Gasteiger partial charge in [0.15, 0.2) is 0 Å². The van der Waals surface area contributed by atoms with E-state index in [0.717, 1.165) is 12.0 Å². The number of carbonyl (C=O) groups excluding carboxylic acids is 1. The Bertz CT molecular complexity index is 1270. The van der Waals surface area contributed by atoms with E-state index in [4.69, 9.17) is 9.47 Å². The number of aryl methyl sites for hydroxylation is 1. The van der Waals surface area contributed by atoms with Gasteiger partial charge in [-0.2, -0.15) is 8.42 Å². The Labute approximate surface area is 206 Å². The van der Waals surface area contributed by atoms with Crippen molar-refractivity contribution >= 4 is 32.4 Å². The van der Waals surface area contributed by atoms with Crippen molar-refractivity contribution in [2.24, 2.45) is 10.3 Å². The number of benzene rings is 2. The molecule has 1 N–H and O–H groups in total. The molecule has 0 unspecified atom stereocenters. The van der Waals surface area contributed by atoms with E-state index >= 15 is 0 Å². The van der Waals surface area contributed by atoms with Crippen LogP contribution in [0.3, 0.4) is 0 Å². The summed E-state index contributed by atoms with van der Waals surface area (Å²) >= 11 is 0. The molecule has 0 aromatic heterocycles. The van der Waals surface area contributed by atoms with Crippen molar-refractivity contribution in [3.05, 3.63) is 59.2 Å². The first kappa shape index (κ1) is 24.8. The Hall–Kier alpha value is -3.33. The van der Waals surface area contributed by atoms with E-state index in [2.05, 4.69) is 16.6 Å². The van der Waals surface area contributed by atoms with E-state index in [1.165, 1.54) is 0 Å². The molecule has 0 aliphatic carbocycles. The molecule has 2 aliphatic heterocycles. The normalized spacial score (nSPS) is 17.8. The SMILES string of the molecule is CCc1ccc(C2=C(C)C(N3CCC(C(=O)Nc4cc(OC)ccc4OC)CC3)=NS2(=O)=O)cc1. The number of amidine groups is 1. The molecule has 0 spiro atoms. The van der Waals surface area contributed by atoms with Crippen LogP contribution in [0.15, 0.2) is 52.4 Å². The van der Waals surface area contributed by atoms with Crippen LogP contribution in [0, 0.1) is 5.92 Å². The van der Waals surface area contributed by atoms with Crippen molar-refractivity contribution in [1.82, 2.24) is 4.90 Å². The molecule has 0 saturated carbocycles. The van der Waals surface area contributed by atoms with Crippen molar-refractivity contribution < 1.29 is 22.7 Å². The number of ether oxygens (including phenoxy) is 2. The third kappa shape index (κ3) is 5.05. The van der Waals surface area contributed by atoms with E-state index in [9.17, 15) is 13.2 Å². The zero-order valence-electron chi connectivity index (χ0n) is 20.5. The number of methoxy groups -OCH3 is 2. The molecule has 2 aromatic rings. The Kier molecular flexibility index (Phi) is 7.16. The molecule has 186 valence electrons. The molecule has 1 saturated heterocycles. The average molecular weight is 498 g/mol.